The quantitative estimate of drug-likeness (QED) is 0.0813. The summed E-state index contributed by atoms with van der Waals surface area (Å²) in [7, 11) is 0. The summed E-state index contributed by atoms with van der Waals surface area (Å²) in [6.45, 7) is 1.63. The molecule has 1 amide bonds. The molecule has 53 heavy (non-hydrogen) atoms. The predicted octanol–water partition coefficient (Wildman–Crippen LogP) is -0.747. The van der Waals surface area contributed by atoms with Crippen LogP contribution in [0, 0.1) is 10.7 Å². The molecule has 1 fully saturated rings. The van der Waals surface area contributed by atoms with Gasteiger partial charge in [0.1, 0.15) is 23.8 Å². The SMILES string of the molecule is O=CCN1CCN(CC(=O)[O-])CCN(CC(=O)[O-])CCN(C(CCCNC(=O)Cc2cc(I)c(Oc3ccc(O)c(I)c3)c(I)c2)C(=O)O)CC1.[Ga+3].[OH-]. The van der Waals surface area contributed by atoms with Crippen LogP contribution in [0.15, 0.2) is 30.3 Å². The molecule has 0 spiro atoms. The molecule has 2 aromatic carbocycles. The Kier molecular flexibility index (Phi) is 23.6. The molecule has 4 N–H and O–H groups in total. The Hall–Kier alpha value is -1.78. The number of hydrogen-bond donors (Lipinski definition) is 3. The van der Waals surface area contributed by atoms with E-state index < -0.39 is 30.5 Å². The molecular weight excluding hydrogens is 1090 g/mol. The first-order valence-electron chi connectivity index (χ1n) is 16.1. The van der Waals surface area contributed by atoms with E-state index in [0.29, 0.717) is 41.1 Å². The minimum Gasteiger partial charge on any atom is -0.870 e. The molecule has 3 rings (SSSR count). The van der Waals surface area contributed by atoms with Crippen molar-refractivity contribution in [1.29, 1.82) is 0 Å². The molecule has 1 aliphatic heterocycles. The zero-order valence-corrected chi connectivity index (χ0v) is 37.7. The number of nitrogens with one attached hydrogen (secondary N) is 1. The van der Waals surface area contributed by atoms with Crippen LogP contribution in [-0.4, -0.2) is 170 Å². The zero-order valence-electron chi connectivity index (χ0n) is 28.8. The minimum atomic E-state index is -1.31. The number of ether oxygens (including phenoxy) is 1. The Bertz CT molecular complexity index is 1520. The first kappa shape index (κ1) is 49.2. The third kappa shape index (κ3) is 17.7. The van der Waals surface area contributed by atoms with Crippen molar-refractivity contribution in [3.05, 3.63) is 46.6 Å². The number of aldehydes is 1. The fourth-order valence-corrected chi connectivity index (χ4v) is 8.15. The number of carboxylic acid groups (broad SMARTS) is 3. The first-order valence-corrected chi connectivity index (χ1v) is 19.4. The number of hydrogen-bond acceptors (Lipinski definition) is 14. The molecule has 1 atom stereocenters. The van der Waals surface area contributed by atoms with E-state index in [2.05, 4.69) is 50.5 Å². The molecule has 16 nitrogen and oxygen atoms in total. The van der Waals surface area contributed by atoms with Gasteiger partial charge in [-0.1, -0.05) is 0 Å². The molecule has 0 bridgehead atoms. The number of carboxylic acids is 3. The van der Waals surface area contributed by atoms with Crippen LogP contribution in [0.3, 0.4) is 0 Å². The van der Waals surface area contributed by atoms with Crippen molar-refractivity contribution in [2.24, 2.45) is 0 Å². The topological polar surface area (TPSA) is 236 Å². The van der Waals surface area contributed by atoms with Crippen LogP contribution in [-0.2, 0) is 30.4 Å². The largest absolute Gasteiger partial charge is 3.00 e. The smallest absolute Gasteiger partial charge is 0.870 e. The van der Waals surface area contributed by atoms with Crippen LogP contribution in [0.1, 0.15) is 18.4 Å². The number of amides is 1. The van der Waals surface area contributed by atoms with Crippen molar-refractivity contribution in [3.63, 3.8) is 0 Å². The van der Waals surface area contributed by atoms with Gasteiger partial charge in [-0.05, 0) is 117 Å². The molecular formula is C33H41GaI3N5O11. The number of carbonyl (C=O) groups excluding carboxylic acids is 4. The van der Waals surface area contributed by atoms with E-state index in [9.17, 15) is 44.4 Å². The molecule has 0 aromatic heterocycles. The molecule has 288 valence electrons. The van der Waals surface area contributed by atoms with E-state index in [1.807, 2.05) is 39.6 Å². The van der Waals surface area contributed by atoms with E-state index in [1.165, 1.54) is 0 Å². The van der Waals surface area contributed by atoms with Gasteiger partial charge < -0.3 is 50.3 Å². The Labute approximate surface area is 361 Å². The standard InChI is InChI=1S/C33H42I3N5O10.Ga.H2O/c34-24-19-23(3-4-28(24)43)51-32-25(35)16-22(17-26(32)36)18-29(44)37-5-1-2-27(33(49)50)41-12-10-38(14-15-42)6-7-39(20-30(45)46)8-9-40(11-13-41)21-31(47)48;;/h3-4,15-17,19,27,43H,1-2,5-14,18,20-21H2,(H,37,44)(H,45,46)(H,47,48)(H,49,50);;1H2/q;+3;/p-3. The van der Waals surface area contributed by atoms with Crippen LogP contribution >= 0.6 is 67.8 Å². The van der Waals surface area contributed by atoms with E-state index in [-0.39, 0.29) is 102 Å². The number of halogens is 3. The van der Waals surface area contributed by atoms with E-state index in [0.717, 1.165) is 19.0 Å². The third-order valence-corrected chi connectivity index (χ3v) is 10.6. The van der Waals surface area contributed by atoms with Gasteiger partial charge in [0.2, 0.25) is 5.91 Å². The zero-order chi connectivity index (χ0) is 37.5. The molecule has 1 saturated heterocycles. The molecule has 1 heterocycles. The molecule has 2 aromatic rings. The van der Waals surface area contributed by atoms with E-state index in [1.54, 1.807) is 32.9 Å². The fourth-order valence-electron chi connectivity index (χ4n) is 5.55. The first-order chi connectivity index (χ1) is 24.2. The van der Waals surface area contributed by atoms with Crippen LogP contribution < -0.4 is 20.3 Å². The molecule has 1 aliphatic rings. The monoisotopic (exact) mass is 1130 g/mol. The number of aliphatic carboxylic acids is 3. The Morgan fingerprint density at radius 1 is 0.849 bits per heavy atom. The summed E-state index contributed by atoms with van der Waals surface area (Å²) in [6, 6.07) is 7.74. The summed E-state index contributed by atoms with van der Waals surface area (Å²) in [5.74, 6) is -2.49. The maximum absolute atomic E-state index is 12.8. The Balaban J connectivity index is 0.00000702. The number of phenols is 1. The summed E-state index contributed by atoms with van der Waals surface area (Å²) in [4.78, 5) is 66.2. The number of benzene rings is 2. The van der Waals surface area contributed by atoms with E-state index >= 15 is 0 Å². The summed E-state index contributed by atoms with van der Waals surface area (Å²) >= 11 is 6.31. The average Bonchev–Trinajstić information content (AvgIpc) is 3.04. The Morgan fingerprint density at radius 3 is 1.89 bits per heavy atom. The fraction of sp³-hybridized carbons (Fsp3) is 0.485. The van der Waals surface area contributed by atoms with Gasteiger partial charge in [-0.15, -0.1) is 0 Å². The normalized spacial score (nSPS) is 15.8. The molecule has 0 aliphatic carbocycles. The number of aromatic hydroxyl groups is 1. The van der Waals surface area contributed by atoms with Crippen molar-refractivity contribution in [2.45, 2.75) is 25.3 Å². The van der Waals surface area contributed by atoms with Crippen molar-refractivity contribution < 1.29 is 54.6 Å². The van der Waals surface area contributed by atoms with Gasteiger partial charge in [0.25, 0.3) is 0 Å². The summed E-state index contributed by atoms with van der Waals surface area (Å²) < 4.78 is 8.32. The van der Waals surface area contributed by atoms with Gasteiger partial charge >= 0.3 is 25.8 Å². The average molecular weight is 1130 g/mol. The van der Waals surface area contributed by atoms with Crippen LogP contribution in [0.4, 0.5) is 0 Å². The molecule has 0 saturated carbocycles. The van der Waals surface area contributed by atoms with Gasteiger partial charge in [-0.3, -0.25) is 29.2 Å². The van der Waals surface area contributed by atoms with Gasteiger partial charge in [-0.2, -0.15) is 0 Å². The van der Waals surface area contributed by atoms with Crippen molar-refractivity contribution in [3.8, 4) is 17.2 Å². The molecule has 1 unspecified atom stereocenters. The molecule has 0 radical (unpaired) electrons. The second-order valence-corrected chi connectivity index (χ2v) is 15.4. The number of carbonyl (C=O) groups is 5. The molecule has 20 heteroatoms. The third-order valence-electron chi connectivity index (χ3n) is 8.17. The number of rotatable bonds is 16. The number of phenolic OH excluding ortho intramolecular Hbond substituents is 1. The van der Waals surface area contributed by atoms with Crippen LogP contribution in [0.2, 0.25) is 0 Å². The van der Waals surface area contributed by atoms with Gasteiger partial charge in [0.05, 0.1) is 35.6 Å². The Morgan fingerprint density at radius 2 is 1.38 bits per heavy atom. The van der Waals surface area contributed by atoms with Gasteiger partial charge in [0, 0.05) is 72.0 Å². The minimum absolute atomic E-state index is 0. The van der Waals surface area contributed by atoms with Crippen molar-refractivity contribution in [1.82, 2.24) is 24.9 Å². The van der Waals surface area contributed by atoms with Crippen molar-refractivity contribution >= 4 is 118 Å². The second-order valence-electron chi connectivity index (χ2n) is 11.9. The predicted molar refractivity (Wildman–Crippen MR) is 215 cm³/mol. The maximum Gasteiger partial charge on any atom is 3.00 e. The van der Waals surface area contributed by atoms with Crippen LogP contribution in [0.5, 0.6) is 17.2 Å². The second kappa shape index (κ2) is 25.4. The van der Waals surface area contributed by atoms with Gasteiger partial charge in [0.15, 0.2) is 5.75 Å². The van der Waals surface area contributed by atoms with E-state index in [4.69, 9.17) is 4.74 Å². The maximum atomic E-state index is 12.8. The van der Waals surface area contributed by atoms with Crippen molar-refractivity contribution in [2.75, 3.05) is 78.5 Å². The van der Waals surface area contributed by atoms with Crippen LogP contribution in [0.25, 0.3) is 0 Å². The van der Waals surface area contributed by atoms with Gasteiger partial charge in [-0.25, -0.2) is 0 Å². The summed E-state index contributed by atoms with van der Waals surface area (Å²) in [5, 5.41) is 45.6. The summed E-state index contributed by atoms with van der Waals surface area (Å²) in [5.41, 5.74) is 0.778. The summed E-state index contributed by atoms with van der Waals surface area (Å²) in [6.07, 6.45) is 1.42. The number of nitrogens with zero attached hydrogens (tertiary/aromatic N) is 4.